The molecule has 1 aromatic carbocycles. The largest absolute Gasteiger partial charge is 0.491 e. The Labute approximate surface area is 178 Å². The summed E-state index contributed by atoms with van der Waals surface area (Å²) in [4.78, 5) is 25.8. The lowest BCUT2D eigenvalue weighted by molar-refractivity contribution is -0.140. The van der Waals surface area contributed by atoms with Crippen LogP contribution in [0.3, 0.4) is 0 Å². The minimum absolute atomic E-state index is 0.0133. The van der Waals surface area contributed by atoms with Crippen molar-refractivity contribution in [3.05, 3.63) is 17.7 Å². The first-order valence-corrected chi connectivity index (χ1v) is 11.6. The zero-order valence-electron chi connectivity index (χ0n) is 18.6. The molecule has 9 nitrogen and oxygen atoms in total. The number of aliphatic carboxylic acids is 1. The molecule has 30 heavy (non-hydrogen) atoms. The van der Waals surface area contributed by atoms with Crippen LogP contribution in [0.5, 0.6) is 11.5 Å². The molecule has 0 heterocycles. The molecule has 1 unspecified atom stereocenters. The van der Waals surface area contributed by atoms with E-state index in [1.54, 1.807) is 26.0 Å². The van der Waals surface area contributed by atoms with E-state index in [4.69, 9.17) is 9.47 Å². The molecule has 0 aromatic heterocycles. The molecule has 1 amide bonds. The summed E-state index contributed by atoms with van der Waals surface area (Å²) in [5, 5.41) is 9.81. The second-order valence-electron chi connectivity index (χ2n) is 7.49. The van der Waals surface area contributed by atoms with Crippen LogP contribution in [0.1, 0.15) is 52.6 Å². The van der Waals surface area contributed by atoms with Crippen molar-refractivity contribution in [3.63, 3.8) is 0 Å². The summed E-state index contributed by atoms with van der Waals surface area (Å²) >= 11 is 0. The molecule has 170 valence electrons. The topological polar surface area (TPSA) is 122 Å². The van der Waals surface area contributed by atoms with Crippen molar-refractivity contribution < 1.29 is 32.6 Å². The first-order chi connectivity index (χ1) is 13.8. The Morgan fingerprint density at radius 2 is 1.83 bits per heavy atom. The predicted octanol–water partition coefficient (Wildman–Crippen LogP) is 2.56. The van der Waals surface area contributed by atoms with Crippen molar-refractivity contribution in [3.8, 4) is 11.5 Å². The zero-order valence-corrected chi connectivity index (χ0v) is 19.4. The van der Waals surface area contributed by atoms with Crippen LogP contribution in [-0.4, -0.2) is 51.4 Å². The SMILES string of the molecule is CCOc1cc(C(C)NS(C)(=O)=O)cc(N(C(C)=O)[C@@H](CC(C)C)C(=O)O)c1OC. The first kappa shape index (κ1) is 25.7. The van der Waals surface area contributed by atoms with Crippen LogP contribution in [0.25, 0.3) is 0 Å². The fourth-order valence-corrected chi connectivity index (χ4v) is 3.99. The van der Waals surface area contributed by atoms with E-state index in [1.807, 2.05) is 13.8 Å². The number of ether oxygens (including phenoxy) is 2. The molecular formula is C20H32N2O7S. The number of anilines is 1. The van der Waals surface area contributed by atoms with Crippen LogP contribution in [0.2, 0.25) is 0 Å². The summed E-state index contributed by atoms with van der Waals surface area (Å²) in [6.07, 6.45) is 1.27. The number of benzene rings is 1. The van der Waals surface area contributed by atoms with Gasteiger partial charge in [0.05, 0.1) is 25.7 Å². The number of methoxy groups -OCH3 is 1. The van der Waals surface area contributed by atoms with Gasteiger partial charge in [-0.2, -0.15) is 0 Å². The number of carbonyl (C=O) groups is 2. The van der Waals surface area contributed by atoms with Crippen LogP contribution < -0.4 is 19.1 Å². The van der Waals surface area contributed by atoms with Gasteiger partial charge in [-0.1, -0.05) is 13.8 Å². The Morgan fingerprint density at radius 1 is 1.23 bits per heavy atom. The number of hydrogen-bond acceptors (Lipinski definition) is 6. The summed E-state index contributed by atoms with van der Waals surface area (Å²) < 4.78 is 37.0. The average molecular weight is 445 g/mol. The molecule has 0 fully saturated rings. The molecule has 0 aliphatic heterocycles. The van der Waals surface area contributed by atoms with Gasteiger partial charge < -0.3 is 14.6 Å². The van der Waals surface area contributed by atoms with Crippen LogP contribution in [0.4, 0.5) is 5.69 Å². The van der Waals surface area contributed by atoms with Gasteiger partial charge in [0.1, 0.15) is 6.04 Å². The highest BCUT2D eigenvalue weighted by molar-refractivity contribution is 7.88. The number of nitrogens with one attached hydrogen (secondary N) is 1. The van der Waals surface area contributed by atoms with E-state index in [1.165, 1.54) is 18.9 Å². The average Bonchev–Trinajstić information content (AvgIpc) is 2.59. The standard InChI is InChI=1S/C20H32N2O7S/c1-8-29-18-11-15(13(4)21-30(7,26)27)10-16(19(18)28-6)22(14(5)23)17(20(24)25)9-12(2)3/h10-13,17,21H,8-9H2,1-7H3,(H,24,25)/t13?,17-/m0/s1. The van der Waals surface area contributed by atoms with E-state index in [0.29, 0.717) is 12.2 Å². The summed E-state index contributed by atoms with van der Waals surface area (Å²) in [6.45, 7) is 8.72. The molecule has 1 aromatic rings. The number of amides is 1. The van der Waals surface area contributed by atoms with Gasteiger partial charge in [0.25, 0.3) is 0 Å². The number of rotatable bonds is 11. The lowest BCUT2D eigenvalue weighted by atomic mass is 10.00. The first-order valence-electron chi connectivity index (χ1n) is 9.66. The van der Waals surface area contributed by atoms with Crippen molar-refractivity contribution in [2.75, 3.05) is 24.9 Å². The highest BCUT2D eigenvalue weighted by Crippen LogP contribution is 2.42. The Balaban J connectivity index is 3.75. The third-order valence-corrected chi connectivity index (χ3v) is 5.12. The van der Waals surface area contributed by atoms with Gasteiger partial charge in [-0.15, -0.1) is 0 Å². The van der Waals surface area contributed by atoms with Crippen molar-refractivity contribution >= 4 is 27.6 Å². The zero-order chi connectivity index (χ0) is 23.2. The second-order valence-corrected chi connectivity index (χ2v) is 9.27. The van der Waals surface area contributed by atoms with Crippen molar-refractivity contribution in [2.24, 2.45) is 5.92 Å². The van der Waals surface area contributed by atoms with Gasteiger partial charge in [0.15, 0.2) is 11.5 Å². The highest BCUT2D eigenvalue weighted by atomic mass is 32.2. The molecule has 0 aliphatic carbocycles. The monoisotopic (exact) mass is 444 g/mol. The van der Waals surface area contributed by atoms with Gasteiger partial charge in [-0.3, -0.25) is 9.69 Å². The Hall–Kier alpha value is -2.33. The van der Waals surface area contributed by atoms with Gasteiger partial charge in [0, 0.05) is 13.0 Å². The molecule has 0 radical (unpaired) electrons. The molecule has 1 rings (SSSR count). The van der Waals surface area contributed by atoms with E-state index in [0.717, 1.165) is 6.26 Å². The number of carboxylic acid groups (broad SMARTS) is 1. The van der Waals surface area contributed by atoms with Gasteiger partial charge in [0.2, 0.25) is 15.9 Å². The van der Waals surface area contributed by atoms with Gasteiger partial charge >= 0.3 is 5.97 Å². The third kappa shape index (κ3) is 6.88. The Bertz CT molecular complexity index is 868. The molecule has 0 aliphatic rings. The maximum absolute atomic E-state index is 12.6. The second kappa shape index (κ2) is 10.6. The highest BCUT2D eigenvalue weighted by Gasteiger charge is 2.33. The molecule has 10 heteroatoms. The van der Waals surface area contributed by atoms with Crippen molar-refractivity contribution in [1.82, 2.24) is 4.72 Å². The molecule has 2 atom stereocenters. The summed E-state index contributed by atoms with van der Waals surface area (Å²) in [5.41, 5.74) is 0.709. The van der Waals surface area contributed by atoms with Gasteiger partial charge in [-0.05, 0) is 43.9 Å². The smallest absolute Gasteiger partial charge is 0.326 e. The van der Waals surface area contributed by atoms with Crippen molar-refractivity contribution in [1.29, 1.82) is 0 Å². The maximum atomic E-state index is 12.6. The summed E-state index contributed by atoms with van der Waals surface area (Å²) in [7, 11) is -2.11. The molecular weight excluding hydrogens is 412 g/mol. The minimum atomic E-state index is -3.50. The lowest BCUT2D eigenvalue weighted by Gasteiger charge is -2.31. The number of carbonyl (C=O) groups excluding carboxylic acids is 1. The lowest BCUT2D eigenvalue weighted by Crippen LogP contribution is -2.45. The fourth-order valence-electron chi connectivity index (χ4n) is 3.21. The predicted molar refractivity (Wildman–Crippen MR) is 115 cm³/mol. The number of sulfonamides is 1. The maximum Gasteiger partial charge on any atom is 0.326 e. The molecule has 2 N–H and O–H groups in total. The Kier molecular flexibility index (Phi) is 9.10. The molecule has 0 bridgehead atoms. The van der Waals surface area contributed by atoms with Crippen LogP contribution in [0.15, 0.2) is 12.1 Å². The van der Waals surface area contributed by atoms with Gasteiger partial charge in [-0.25, -0.2) is 17.9 Å². The van der Waals surface area contributed by atoms with Crippen molar-refractivity contribution in [2.45, 2.75) is 53.1 Å². The van der Waals surface area contributed by atoms with E-state index in [9.17, 15) is 23.1 Å². The number of hydrogen-bond donors (Lipinski definition) is 2. The van der Waals surface area contributed by atoms with Crippen LogP contribution >= 0.6 is 0 Å². The third-order valence-electron chi connectivity index (χ3n) is 4.34. The quantitative estimate of drug-likeness (QED) is 0.538. The number of carboxylic acids is 1. The summed E-state index contributed by atoms with van der Waals surface area (Å²) in [5.74, 6) is -1.12. The molecule has 0 spiro atoms. The van der Waals surface area contributed by atoms with E-state index in [-0.39, 0.29) is 29.5 Å². The van der Waals surface area contributed by atoms with Crippen LogP contribution in [0, 0.1) is 5.92 Å². The van der Waals surface area contributed by atoms with E-state index in [2.05, 4.69) is 4.72 Å². The molecule has 0 saturated heterocycles. The van der Waals surface area contributed by atoms with E-state index >= 15 is 0 Å². The number of nitrogens with zero attached hydrogens (tertiary/aromatic N) is 1. The van der Waals surface area contributed by atoms with E-state index < -0.39 is 34.0 Å². The normalized spacial score (nSPS) is 13.6. The minimum Gasteiger partial charge on any atom is -0.491 e. The summed E-state index contributed by atoms with van der Waals surface area (Å²) in [6, 6.07) is 1.40. The van der Waals surface area contributed by atoms with Crippen LogP contribution in [-0.2, 0) is 19.6 Å². The fraction of sp³-hybridized carbons (Fsp3) is 0.600. The molecule has 0 saturated carbocycles. The Morgan fingerprint density at radius 3 is 2.23 bits per heavy atom.